The first-order valence-corrected chi connectivity index (χ1v) is 8.46. The van der Waals surface area contributed by atoms with Gasteiger partial charge in [-0.1, -0.05) is 0 Å². The summed E-state index contributed by atoms with van der Waals surface area (Å²) in [5.41, 5.74) is 7.75. The van der Waals surface area contributed by atoms with Gasteiger partial charge in [0.05, 0.1) is 45.0 Å². The molecule has 122 valence electrons. The molecule has 0 saturated carbocycles. The molecule has 0 spiro atoms. The van der Waals surface area contributed by atoms with Crippen molar-refractivity contribution in [3.8, 4) is 5.75 Å². The molecule has 0 amide bonds. The van der Waals surface area contributed by atoms with Crippen molar-refractivity contribution < 1.29 is 14.3 Å². The van der Waals surface area contributed by atoms with Gasteiger partial charge in [0, 0.05) is 11.8 Å². The van der Waals surface area contributed by atoms with Crippen molar-refractivity contribution in [1.29, 1.82) is 0 Å². The predicted octanol–water partition coefficient (Wildman–Crippen LogP) is 1.46. The van der Waals surface area contributed by atoms with Gasteiger partial charge in [0.2, 0.25) is 0 Å². The molecule has 3 rings (SSSR count). The first-order valence-electron chi connectivity index (χ1n) is 8.46. The smallest absolute Gasteiger partial charge is 0.144 e. The second kappa shape index (κ2) is 6.75. The number of aliphatic hydroxyl groups excluding tert-OH is 1. The Morgan fingerprint density at radius 1 is 1.18 bits per heavy atom. The molecule has 1 saturated heterocycles. The van der Waals surface area contributed by atoms with Gasteiger partial charge in [-0.3, -0.25) is 0 Å². The minimum absolute atomic E-state index is 0.288. The van der Waals surface area contributed by atoms with Gasteiger partial charge in [0.25, 0.3) is 0 Å². The largest absolute Gasteiger partial charge is 0.489 e. The Bertz CT molecular complexity index is 495. The average molecular weight is 306 g/mol. The van der Waals surface area contributed by atoms with E-state index < -0.39 is 0 Å². The van der Waals surface area contributed by atoms with Gasteiger partial charge in [-0.05, 0) is 31.4 Å². The maximum Gasteiger partial charge on any atom is 0.144 e. The van der Waals surface area contributed by atoms with Crippen LogP contribution in [0.1, 0.15) is 19.3 Å². The zero-order chi connectivity index (χ0) is 15.4. The van der Waals surface area contributed by atoms with Crippen LogP contribution >= 0.6 is 0 Å². The number of nitrogens with zero attached hydrogens (tertiary/aromatic N) is 2. The third-order valence-corrected chi connectivity index (χ3v) is 5.13. The summed E-state index contributed by atoms with van der Waals surface area (Å²) < 4.78 is 6.80. The Balaban J connectivity index is 1.68. The first kappa shape index (κ1) is 15.4. The quantitative estimate of drug-likeness (QED) is 0.639. The third kappa shape index (κ3) is 3.31. The lowest BCUT2D eigenvalue weighted by Gasteiger charge is -2.43. The van der Waals surface area contributed by atoms with E-state index in [1.54, 1.807) is 0 Å². The molecule has 0 atom stereocenters. The Morgan fingerprint density at radius 2 is 2.00 bits per heavy atom. The number of rotatable bonds is 5. The standard InChI is InChI=1S/C17H28N3O2/c18-15-4-5-16-17(14-15)22-13-7-19(16)6-10-20(11-12-21)8-2-1-3-9-20/h4-5,14,21H,1-3,6-13,18H2/q+1. The Morgan fingerprint density at radius 3 is 2.77 bits per heavy atom. The van der Waals surface area contributed by atoms with E-state index in [4.69, 9.17) is 10.5 Å². The van der Waals surface area contributed by atoms with Crippen molar-refractivity contribution in [2.45, 2.75) is 19.3 Å². The van der Waals surface area contributed by atoms with E-state index in [-0.39, 0.29) is 6.61 Å². The summed E-state index contributed by atoms with van der Waals surface area (Å²) in [5.74, 6) is 0.901. The highest BCUT2D eigenvalue weighted by atomic mass is 16.5. The van der Waals surface area contributed by atoms with E-state index in [0.29, 0.717) is 0 Å². The number of nitrogens with two attached hydrogens (primary N) is 1. The van der Waals surface area contributed by atoms with E-state index in [9.17, 15) is 5.11 Å². The number of anilines is 2. The Hall–Kier alpha value is -1.46. The molecule has 1 aromatic rings. The normalized spacial score (nSPS) is 20.3. The van der Waals surface area contributed by atoms with E-state index in [1.165, 1.54) is 32.4 Å². The van der Waals surface area contributed by atoms with Crippen molar-refractivity contribution >= 4 is 11.4 Å². The molecule has 0 unspecified atom stereocenters. The Kier molecular flexibility index (Phi) is 4.74. The van der Waals surface area contributed by atoms with Gasteiger partial charge in [0.1, 0.15) is 18.9 Å². The Labute approximate surface area is 132 Å². The van der Waals surface area contributed by atoms with Crippen LogP contribution in [-0.2, 0) is 0 Å². The maximum atomic E-state index is 9.45. The summed E-state index contributed by atoms with van der Waals surface area (Å²) >= 11 is 0. The molecule has 2 aliphatic heterocycles. The maximum absolute atomic E-state index is 9.45. The van der Waals surface area contributed by atoms with Gasteiger partial charge in [-0.15, -0.1) is 0 Å². The van der Waals surface area contributed by atoms with Crippen LogP contribution in [0, 0.1) is 0 Å². The highest BCUT2D eigenvalue weighted by Crippen LogP contribution is 2.33. The lowest BCUT2D eigenvalue weighted by atomic mass is 10.1. The number of fused-ring (bicyclic) bond motifs is 1. The number of likely N-dealkylation sites (tertiary alicyclic amines) is 1. The van der Waals surface area contributed by atoms with E-state index >= 15 is 0 Å². The third-order valence-electron chi connectivity index (χ3n) is 5.13. The van der Waals surface area contributed by atoms with Crippen molar-refractivity contribution in [3.63, 3.8) is 0 Å². The van der Waals surface area contributed by atoms with Crippen molar-refractivity contribution in [1.82, 2.24) is 0 Å². The SMILES string of the molecule is Nc1ccc2c(c1)OCCN2CC[N+]1(CCO)CCCCC1. The zero-order valence-electron chi connectivity index (χ0n) is 13.3. The number of hydrogen-bond donors (Lipinski definition) is 2. The number of hydrogen-bond acceptors (Lipinski definition) is 4. The molecule has 2 aliphatic rings. The van der Waals surface area contributed by atoms with Gasteiger partial charge >= 0.3 is 0 Å². The lowest BCUT2D eigenvalue weighted by Crippen LogP contribution is -2.56. The van der Waals surface area contributed by atoms with Crippen LogP contribution in [0.5, 0.6) is 5.75 Å². The predicted molar refractivity (Wildman–Crippen MR) is 89.2 cm³/mol. The average Bonchev–Trinajstić information content (AvgIpc) is 2.54. The van der Waals surface area contributed by atoms with Gasteiger partial charge < -0.3 is 25.0 Å². The van der Waals surface area contributed by atoms with Crippen LogP contribution in [0.4, 0.5) is 11.4 Å². The fourth-order valence-corrected chi connectivity index (χ4v) is 3.81. The number of nitrogen functional groups attached to an aromatic ring is 1. The monoisotopic (exact) mass is 306 g/mol. The van der Waals surface area contributed by atoms with Gasteiger partial charge in [-0.2, -0.15) is 0 Å². The molecule has 1 fully saturated rings. The van der Waals surface area contributed by atoms with Crippen LogP contribution in [0.2, 0.25) is 0 Å². The molecule has 0 aliphatic carbocycles. The molecule has 1 aromatic carbocycles. The fourth-order valence-electron chi connectivity index (χ4n) is 3.81. The number of ether oxygens (including phenoxy) is 1. The van der Waals surface area contributed by atoms with Crippen molar-refractivity contribution in [2.24, 2.45) is 0 Å². The minimum atomic E-state index is 0.288. The van der Waals surface area contributed by atoms with Crippen LogP contribution in [-0.4, -0.2) is 62.1 Å². The summed E-state index contributed by atoms with van der Waals surface area (Å²) in [6.45, 7) is 7.35. The first-order chi connectivity index (χ1) is 10.7. The van der Waals surface area contributed by atoms with E-state index in [0.717, 1.165) is 54.4 Å². The number of piperidine rings is 1. The molecule has 2 heterocycles. The molecular formula is C17H28N3O2+. The molecule has 0 aromatic heterocycles. The summed E-state index contributed by atoms with van der Waals surface area (Å²) in [4.78, 5) is 2.41. The number of quaternary nitrogens is 1. The van der Waals surface area contributed by atoms with Crippen LogP contribution in [0.3, 0.4) is 0 Å². The molecule has 0 radical (unpaired) electrons. The van der Waals surface area contributed by atoms with Crippen LogP contribution in [0.15, 0.2) is 18.2 Å². The van der Waals surface area contributed by atoms with Crippen LogP contribution < -0.4 is 15.4 Å². The zero-order valence-corrected chi connectivity index (χ0v) is 13.3. The van der Waals surface area contributed by atoms with E-state index in [2.05, 4.69) is 11.0 Å². The summed E-state index contributed by atoms with van der Waals surface area (Å²) in [6, 6.07) is 5.93. The van der Waals surface area contributed by atoms with Crippen molar-refractivity contribution in [2.75, 3.05) is 63.1 Å². The number of aliphatic hydroxyl groups is 1. The molecular weight excluding hydrogens is 278 g/mol. The molecule has 5 nitrogen and oxygen atoms in total. The molecule has 5 heteroatoms. The van der Waals surface area contributed by atoms with Crippen LogP contribution in [0.25, 0.3) is 0 Å². The second-order valence-corrected chi connectivity index (χ2v) is 6.58. The van der Waals surface area contributed by atoms with Crippen molar-refractivity contribution in [3.05, 3.63) is 18.2 Å². The summed E-state index contributed by atoms with van der Waals surface area (Å²) in [5, 5.41) is 9.45. The topological polar surface area (TPSA) is 58.7 Å². The molecule has 22 heavy (non-hydrogen) atoms. The van der Waals surface area contributed by atoms with Gasteiger partial charge in [0.15, 0.2) is 0 Å². The molecule has 0 bridgehead atoms. The fraction of sp³-hybridized carbons (Fsp3) is 0.647. The lowest BCUT2D eigenvalue weighted by molar-refractivity contribution is -0.931. The minimum Gasteiger partial charge on any atom is -0.489 e. The second-order valence-electron chi connectivity index (χ2n) is 6.58. The van der Waals surface area contributed by atoms with E-state index in [1.807, 2.05) is 12.1 Å². The highest BCUT2D eigenvalue weighted by molar-refractivity contribution is 5.65. The number of benzene rings is 1. The summed E-state index contributed by atoms with van der Waals surface area (Å²) in [6.07, 6.45) is 3.91. The molecule has 3 N–H and O–H groups in total. The highest BCUT2D eigenvalue weighted by Gasteiger charge is 2.30. The van der Waals surface area contributed by atoms with Gasteiger partial charge in [-0.25, -0.2) is 0 Å². The summed E-state index contributed by atoms with van der Waals surface area (Å²) in [7, 11) is 0.